The van der Waals surface area contributed by atoms with Gasteiger partial charge < -0.3 is 15.8 Å². The Balaban J connectivity index is 2.83. The normalized spacial score (nSPS) is 13.1. The lowest BCUT2D eigenvalue weighted by atomic mass is 10.1. The summed E-state index contributed by atoms with van der Waals surface area (Å²) < 4.78 is 0. The summed E-state index contributed by atoms with van der Waals surface area (Å²) in [5.74, 6) is -0.161. The van der Waals surface area contributed by atoms with E-state index in [-0.39, 0.29) is 17.8 Å². The minimum absolute atomic E-state index is 0.0285. The molecule has 0 aliphatic carbocycles. The largest absolute Gasteiger partial charge is 0.409 e. The molecule has 19 heavy (non-hydrogen) atoms. The van der Waals surface area contributed by atoms with Crippen molar-refractivity contribution in [2.24, 2.45) is 10.9 Å². The Labute approximate surface area is 112 Å². The van der Waals surface area contributed by atoms with Crippen molar-refractivity contribution in [2.75, 3.05) is 7.05 Å². The van der Waals surface area contributed by atoms with Gasteiger partial charge in [-0.15, -0.1) is 0 Å². The van der Waals surface area contributed by atoms with Gasteiger partial charge in [0.15, 0.2) is 5.84 Å². The van der Waals surface area contributed by atoms with Crippen LogP contribution in [0.2, 0.25) is 0 Å². The molecule has 1 heterocycles. The molecule has 6 heteroatoms. The van der Waals surface area contributed by atoms with Crippen LogP contribution in [-0.2, 0) is 0 Å². The number of hydrogen-bond donors (Lipinski definition) is 2. The fourth-order valence-electron chi connectivity index (χ4n) is 1.72. The van der Waals surface area contributed by atoms with Crippen molar-refractivity contribution < 1.29 is 10.0 Å². The smallest absolute Gasteiger partial charge is 0.272 e. The van der Waals surface area contributed by atoms with E-state index in [1.54, 1.807) is 24.1 Å². The Morgan fingerprint density at radius 2 is 2.26 bits per heavy atom. The summed E-state index contributed by atoms with van der Waals surface area (Å²) in [6.45, 7) is 4.09. The molecule has 3 N–H and O–H groups in total. The van der Waals surface area contributed by atoms with Crippen LogP contribution in [0.3, 0.4) is 0 Å². The van der Waals surface area contributed by atoms with Crippen LogP contribution < -0.4 is 5.73 Å². The summed E-state index contributed by atoms with van der Waals surface area (Å²) in [6, 6.07) is 3.35. The molecule has 0 spiro atoms. The summed E-state index contributed by atoms with van der Waals surface area (Å²) in [6.07, 6.45) is 3.39. The van der Waals surface area contributed by atoms with Gasteiger partial charge in [0.25, 0.3) is 5.91 Å². The lowest BCUT2D eigenvalue weighted by molar-refractivity contribution is 0.0731. The molecular formula is C13H20N4O2. The number of nitrogens with two attached hydrogens (primary N) is 1. The van der Waals surface area contributed by atoms with Crippen molar-refractivity contribution in [1.82, 2.24) is 9.88 Å². The van der Waals surface area contributed by atoms with Crippen LogP contribution in [-0.4, -0.2) is 39.9 Å². The first-order valence-corrected chi connectivity index (χ1v) is 6.22. The average molecular weight is 264 g/mol. The molecule has 6 nitrogen and oxygen atoms in total. The zero-order valence-electron chi connectivity index (χ0n) is 11.5. The van der Waals surface area contributed by atoms with Gasteiger partial charge in [-0.3, -0.25) is 9.78 Å². The lowest BCUT2D eigenvalue weighted by Crippen LogP contribution is -2.35. The zero-order valence-corrected chi connectivity index (χ0v) is 11.5. The van der Waals surface area contributed by atoms with Crippen LogP contribution in [0.4, 0.5) is 0 Å². The third kappa shape index (κ3) is 3.67. The second-order valence-corrected chi connectivity index (χ2v) is 4.47. The van der Waals surface area contributed by atoms with E-state index in [9.17, 15) is 4.79 Å². The maximum Gasteiger partial charge on any atom is 0.272 e. The highest BCUT2D eigenvalue weighted by molar-refractivity contribution is 5.98. The van der Waals surface area contributed by atoms with E-state index in [1.807, 2.05) is 6.92 Å². The van der Waals surface area contributed by atoms with Crippen LogP contribution in [0.25, 0.3) is 0 Å². The number of rotatable bonds is 5. The van der Waals surface area contributed by atoms with Gasteiger partial charge in [-0.05, 0) is 25.5 Å². The van der Waals surface area contributed by atoms with E-state index >= 15 is 0 Å². The topological polar surface area (TPSA) is 91.8 Å². The summed E-state index contributed by atoms with van der Waals surface area (Å²) in [4.78, 5) is 17.9. The zero-order chi connectivity index (χ0) is 14.4. The van der Waals surface area contributed by atoms with Crippen molar-refractivity contribution in [3.63, 3.8) is 0 Å². The van der Waals surface area contributed by atoms with Crippen molar-refractivity contribution in [1.29, 1.82) is 0 Å². The molecule has 0 radical (unpaired) electrons. The highest BCUT2D eigenvalue weighted by atomic mass is 16.4. The van der Waals surface area contributed by atoms with Gasteiger partial charge in [0, 0.05) is 24.8 Å². The Hall–Kier alpha value is -2.11. The molecule has 0 aromatic carbocycles. The summed E-state index contributed by atoms with van der Waals surface area (Å²) in [5.41, 5.74) is 6.26. The predicted molar refractivity (Wildman–Crippen MR) is 73.2 cm³/mol. The number of pyridine rings is 1. The van der Waals surface area contributed by atoms with E-state index in [1.165, 1.54) is 6.20 Å². The van der Waals surface area contributed by atoms with Gasteiger partial charge in [-0.25, -0.2) is 0 Å². The van der Waals surface area contributed by atoms with Crippen molar-refractivity contribution in [3.8, 4) is 0 Å². The van der Waals surface area contributed by atoms with Crippen molar-refractivity contribution >= 4 is 11.7 Å². The van der Waals surface area contributed by atoms with Crippen LogP contribution in [0, 0.1) is 0 Å². The van der Waals surface area contributed by atoms with Gasteiger partial charge >= 0.3 is 0 Å². The average Bonchev–Trinajstić information content (AvgIpc) is 2.45. The molecule has 0 fully saturated rings. The number of amidine groups is 1. The number of aromatic nitrogens is 1. The van der Waals surface area contributed by atoms with Crippen molar-refractivity contribution in [2.45, 2.75) is 32.7 Å². The second-order valence-electron chi connectivity index (χ2n) is 4.47. The molecule has 1 atom stereocenters. The molecule has 0 aliphatic rings. The van der Waals surface area contributed by atoms with Gasteiger partial charge in [0.05, 0.1) is 0 Å². The minimum Gasteiger partial charge on any atom is -0.409 e. The van der Waals surface area contributed by atoms with E-state index in [0.29, 0.717) is 11.3 Å². The number of carbonyl (C=O) groups is 1. The fourth-order valence-corrected chi connectivity index (χ4v) is 1.72. The van der Waals surface area contributed by atoms with E-state index < -0.39 is 0 Å². The number of amides is 1. The summed E-state index contributed by atoms with van der Waals surface area (Å²) in [7, 11) is 1.77. The predicted octanol–water partition coefficient (Wildman–Crippen LogP) is 1.44. The third-order valence-corrected chi connectivity index (χ3v) is 3.07. The molecule has 0 saturated heterocycles. The monoisotopic (exact) mass is 264 g/mol. The maximum absolute atomic E-state index is 12.2. The SMILES string of the molecule is CCCC(C)N(C)C(=O)c1ccc(C(N)=NO)cn1. The molecule has 1 rings (SSSR count). The number of nitrogens with zero attached hydrogens (tertiary/aromatic N) is 3. The Morgan fingerprint density at radius 3 is 2.74 bits per heavy atom. The molecule has 0 bridgehead atoms. The molecule has 104 valence electrons. The standard InChI is InChI=1S/C13H20N4O2/c1-4-5-9(2)17(3)13(18)11-7-6-10(8-15-11)12(14)16-19/h6-9,19H,4-5H2,1-3H3,(H2,14,16). The van der Waals surface area contributed by atoms with Crippen LogP contribution in [0.5, 0.6) is 0 Å². The van der Waals surface area contributed by atoms with E-state index in [0.717, 1.165) is 12.8 Å². The molecule has 1 aromatic rings. The number of carbonyl (C=O) groups excluding carboxylic acids is 1. The first kappa shape index (κ1) is 14.9. The minimum atomic E-state index is -0.132. The Morgan fingerprint density at radius 1 is 1.58 bits per heavy atom. The lowest BCUT2D eigenvalue weighted by Gasteiger charge is -2.24. The highest BCUT2D eigenvalue weighted by Crippen LogP contribution is 2.09. The molecule has 1 unspecified atom stereocenters. The molecule has 0 saturated carbocycles. The van der Waals surface area contributed by atoms with E-state index in [4.69, 9.17) is 10.9 Å². The fraction of sp³-hybridized carbons (Fsp3) is 0.462. The van der Waals surface area contributed by atoms with Gasteiger partial charge in [-0.1, -0.05) is 18.5 Å². The highest BCUT2D eigenvalue weighted by Gasteiger charge is 2.18. The van der Waals surface area contributed by atoms with Crippen LogP contribution >= 0.6 is 0 Å². The number of hydrogen-bond acceptors (Lipinski definition) is 4. The second kappa shape index (κ2) is 6.72. The van der Waals surface area contributed by atoms with Crippen LogP contribution in [0.1, 0.15) is 42.7 Å². The summed E-state index contributed by atoms with van der Waals surface area (Å²) in [5, 5.41) is 11.4. The first-order chi connectivity index (χ1) is 9.01. The maximum atomic E-state index is 12.2. The number of oxime groups is 1. The molecule has 1 aromatic heterocycles. The van der Waals surface area contributed by atoms with Gasteiger partial charge in [-0.2, -0.15) is 0 Å². The summed E-state index contributed by atoms with van der Waals surface area (Å²) >= 11 is 0. The van der Waals surface area contributed by atoms with Gasteiger partial charge in [0.2, 0.25) is 0 Å². The van der Waals surface area contributed by atoms with Gasteiger partial charge in [0.1, 0.15) is 5.69 Å². The molecule has 0 aliphatic heterocycles. The first-order valence-electron chi connectivity index (χ1n) is 6.22. The quantitative estimate of drug-likeness (QED) is 0.364. The van der Waals surface area contributed by atoms with Crippen LogP contribution in [0.15, 0.2) is 23.5 Å². The third-order valence-electron chi connectivity index (χ3n) is 3.07. The Bertz CT molecular complexity index is 456. The van der Waals surface area contributed by atoms with Crippen molar-refractivity contribution in [3.05, 3.63) is 29.6 Å². The molecular weight excluding hydrogens is 244 g/mol. The van der Waals surface area contributed by atoms with E-state index in [2.05, 4.69) is 17.1 Å². The Kier molecular flexibility index (Phi) is 5.29. The molecule has 1 amide bonds.